The van der Waals surface area contributed by atoms with E-state index in [0.29, 0.717) is 21.4 Å². The molecule has 0 atom stereocenters. The van der Waals surface area contributed by atoms with Crippen LogP contribution in [0.2, 0.25) is 5.02 Å². The van der Waals surface area contributed by atoms with Gasteiger partial charge in [0.15, 0.2) is 0 Å². The van der Waals surface area contributed by atoms with Crippen molar-refractivity contribution in [3.05, 3.63) is 51.1 Å². The van der Waals surface area contributed by atoms with Gasteiger partial charge >= 0.3 is 0 Å². The Morgan fingerprint density at radius 2 is 2.11 bits per heavy atom. The van der Waals surface area contributed by atoms with Gasteiger partial charge in [-0.15, -0.1) is 0 Å². The van der Waals surface area contributed by atoms with Crippen LogP contribution in [0.15, 0.2) is 34.8 Å². The van der Waals surface area contributed by atoms with Crippen LogP contribution in [-0.2, 0) is 0 Å². The number of aryl methyl sites for hydroxylation is 1. The predicted octanol–water partition coefficient (Wildman–Crippen LogP) is 4.18. The molecular weight excluding hydrogens is 346 g/mol. The van der Waals surface area contributed by atoms with Crippen LogP contribution in [0.5, 0.6) is 0 Å². The number of halogens is 2. The molecule has 3 nitrogen and oxygen atoms in total. The van der Waals surface area contributed by atoms with Crippen LogP contribution >= 0.6 is 39.7 Å². The highest BCUT2D eigenvalue weighted by Gasteiger charge is 2.09. The van der Waals surface area contributed by atoms with Gasteiger partial charge in [0, 0.05) is 10.2 Å². The van der Waals surface area contributed by atoms with Crippen molar-refractivity contribution in [2.45, 2.75) is 6.92 Å². The maximum absolute atomic E-state index is 6.17. The SMILES string of the molecule is Cc1ccc(C(N)=S)c(Nc2ccc(Br)cc2Cl)n1. The second-order valence-electron chi connectivity index (χ2n) is 3.96. The Morgan fingerprint density at radius 1 is 1.37 bits per heavy atom. The van der Waals surface area contributed by atoms with Gasteiger partial charge in [0.1, 0.15) is 10.8 Å². The molecule has 6 heteroatoms. The van der Waals surface area contributed by atoms with E-state index in [1.807, 2.05) is 31.2 Å². The first-order chi connectivity index (χ1) is 8.97. The van der Waals surface area contributed by atoms with Gasteiger partial charge in [-0.3, -0.25) is 0 Å². The average Bonchev–Trinajstić information content (AvgIpc) is 2.32. The van der Waals surface area contributed by atoms with E-state index >= 15 is 0 Å². The van der Waals surface area contributed by atoms with E-state index in [4.69, 9.17) is 29.6 Å². The standard InChI is InChI=1S/C13H11BrClN3S/c1-7-2-4-9(12(16)19)13(17-7)18-11-5-3-8(14)6-10(11)15/h2-6H,1H3,(H2,16,19)(H,17,18). The third kappa shape index (κ3) is 3.43. The molecule has 0 bridgehead atoms. The zero-order valence-electron chi connectivity index (χ0n) is 10.1. The Kier molecular flexibility index (Phi) is 4.39. The van der Waals surface area contributed by atoms with Gasteiger partial charge in [-0.1, -0.05) is 39.7 Å². The van der Waals surface area contributed by atoms with Crippen LogP contribution < -0.4 is 11.1 Å². The summed E-state index contributed by atoms with van der Waals surface area (Å²) in [6, 6.07) is 9.27. The highest BCUT2D eigenvalue weighted by Crippen LogP contribution is 2.29. The van der Waals surface area contributed by atoms with Crippen LogP contribution in [0.3, 0.4) is 0 Å². The van der Waals surface area contributed by atoms with Gasteiger partial charge in [-0.2, -0.15) is 0 Å². The summed E-state index contributed by atoms with van der Waals surface area (Å²) in [5, 5.41) is 3.75. The van der Waals surface area contributed by atoms with E-state index in [-0.39, 0.29) is 0 Å². The summed E-state index contributed by atoms with van der Waals surface area (Å²) in [5.74, 6) is 0.608. The molecule has 3 N–H and O–H groups in total. The normalized spacial score (nSPS) is 10.3. The minimum atomic E-state index is 0.295. The second kappa shape index (κ2) is 5.86. The number of pyridine rings is 1. The van der Waals surface area contributed by atoms with Crippen LogP contribution in [0.1, 0.15) is 11.3 Å². The summed E-state index contributed by atoms with van der Waals surface area (Å²) >= 11 is 14.5. The van der Waals surface area contributed by atoms with Crippen molar-refractivity contribution in [3.63, 3.8) is 0 Å². The molecule has 1 aromatic carbocycles. The summed E-state index contributed by atoms with van der Waals surface area (Å²) in [5.41, 5.74) is 8.01. The van der Waals surface area contributed by atoms with Gasteiger partial charge in [0.25, 0.3) is 0 Å². The summed E-state index contributed by atoms with van der Waals surface area (Å²) in [7, 11) is 0. The lowest BCUT2D eigenvalue weighted by atomic mass is 10.2. The lowest BCUT2D eigenvalue weighted by molar-refractivity contribution is 1.19. The molecule has 0 spiro atoms. The smallest absolute Gasteiger partial charge is 0.140 e. The minimum Gasteiger partial charge on any atom is -0.389 e. The molecule has 0 radical (unpaired) electrons. The number of anilines is 2. The third-order valence-electron chi connectivity index (χ3n) is 2.48. The number of hydrogen-bond donors (Lipinski definition) is 2. The van der Waals surface area contributed by atoms with E-state index in [0.717, 1.165) is 15.9 Å². The number of benzene rings is 1. The molecule has 1 heterocycles. The fraction of sp³-hybridized carbons (Fsp3) is 0.0769. The molecule has 0 amide bonds. The molecule has 0 aliphatic carbocycles. The van der Waals surface area contributed by atoms with Crippen molar-refractivity contribution in [3.8, 4) is 0 Å². The fourth-order valence-electron chi connectivity index (χ4n) is 1.57. The van der Waals surface area contributed by atoms with Crippen molar-refractivity contribution in [1.82, 2.24) is 4.98 Å². The van der Waals surface area contributed by atoms with Gasteiger partial charge in [0.2, 0.25) is 0 Å². The van der Waals surface area contributed by atoms with Crippen molar-refractivity contribution in [2.75, 3.05) is 5.32 Å². The molecule has 0 aliphatic rings. The number of rotatable bonds is 3. The summed E-state index contributed by atoms with van der Waals surface area (Å²) < 4.78 is 0.912. The van der Waals surface area contributed by atoms with E-state index in [1.54, 1.807) is 6.07 Å². The number of nitrogens with one attached hydrogen (secondary N) is 1. The Hall–Kier alpha value is -1.17. The minimum absolute atomic E-state index is 0.295. The molecule has 1 aromatic heterocycles. The summed E-state index contributed by atoms with van der Waals surface area (Å²) in [6.07, 6.45) is 0. The van der Waals surface area contributed by atoms with E-state index in [1.165, 1.54) is 0 Å². The first-order valence-corrected chi connectivity index (χ1v) is 7.05. The number of thiocarbonyl (C=S) groups is 1. The topological polar surface area (TPSA) is 50.9 Å². The number of hydrogen-bond acceptors (Lipinski definition) is 3. The van der Waals surface area contributed by atoms with Crippen LogP contribution in [0, 0.1) is 6.92 Å². The first-order valence-electron chi connectivity index (χ1n) is 5.47. The van der Waals surface area contributed by atoms with Crippen molar-refractivity contribution < 1.29 is 0 Å². The Balaban J connectivity index is 2.42. The molecule has 98 valence electrons. The van der Waals surface area contributed by atoms with Crippen LogP contribution in [-0.4, -0.2) is 9.97 Å². The number of nitrogens with two attached hydrogens (primary N) is 1. The molecule has 19 heavy (non-hydrogen) atoms. The van der Waals surface area contributed by atoms with Gasteiger partial charge in [-0.05, 0) is 37.3 Å². The Labute approximate surface area is 130 Å². The van der Waals surface area contributed by atoms with Gasteiger partial charge in [0.05, 0.1) is 16.3 Å². The zero-order valence-corrected chi connectivity index (χ0v) is 13.2. The quantitative estimate of drug-likeness (QED) is 0.810. The molecular formula is C13H11BrClN3S. The van der Waals surface area contributed by atoms with E-state index in [2.05, 4.69) is 26.2 Å². The van der Waals surface area contributed by atoms with Gasteiger partial charge < -0.3 is 11.1 Å². The van der Waals surface area contributed by atoms with Crippen molar-refractivity contribution in [1.29, 1.82) is 0 Å². The number of nitrogens with zero attached hydrogens (tertiary/aromatic N) is 1. The van der Waals surface area contributed by atoms with Crippen LogP contribution in [0.4, 0.5) is 11.5 Å². The fourth-order valence-corrected chi connectivity index (χ4v) is 2.45. The highest BCUT2D eigenvalue weighted by atomic mass is 79.9. The average molecular weight is 357 g/mol. The molecule has 0 fully saturated rings. The molecule has 0 saturated heterocycles. The molecule has 0 unspecified atom stereocenters. The Morgan fingerprint density at radius 3 is 2.74 bits per heavy atom. The maximum atomic E-state index is 6.17. The highest BCUT2D eigenvalue weighted by molar-refractivity contribution is 9.10. The van der Waals surface area contributed by atoms with Crippen molar-refractivity contribution >= 4 is 56.2 Å². The molecule has 0 saturated carbocycles. The Bertz CT molecular complexity index is 646. The van der Waals surface area contributed by atoms with E-state index < -0.39 is 0 Å². The summed E-state index contributed by atoms with van der Waals surface area (Å²) in [6.45, 7) is 1.90. The predicted molar refractivity (Wildman–Crippen MR) is 87.3 cm³/mol. The lowest BCUT2D eigenvalue weighted by Gasteiger charge is -2.12. The van der Waals surface area contributed by atoms with Crippen LogP contribution in [0.25, 0.3) is 0 Å². The summed E-state index contributed by atoms with van der Waals surface area (Å²) in [4.78, 5) is 4.70. The van der Waals surface area contributed by atoms with E-state index in [9.17, 15) is 0 Å². The van der Waals surface area contributed by atoms with Gasteiger partial charge in [-0.25, -0.2) is 4.98 Å². The molecule has 2 aromatic rings. The molecule has 0 aliphatic heterocycles. The largest absolute Gasteiger partial charge is 0.389 e. The zero-order chi connectivity index (χ0) is 14.0. The van der Waals surface area contributed by atoms with Crippen molar-refractivity contribution in [2.24, 2.45) is 5.73 Å². The first kappa shape index (κ1) is 14.2. The molecule has 2 rings (SSSR count). The second-order valence-corrected chi connectivity index (χ2v) is 5.72. The number of aromatic nitrogens is 1. The monoisotopic (exact) mass is 355 g/mol. The maximum Gasteiger partial charge on any atom is 0.140 e. The third-order valence-corrected chi connectivity index (χ3v) is 3.51. The lowest BCUT2D eigenvalue weighted by Crippen LogP contribution is -2.13.